The highest BCUT2D eigenvalue weighted by Gasteiger charge is 2.18. The monoisotopic (exact) mass is 275 g/mol. The number of amides is 1. The van der Waals surface area contributed by atoms with E-state index in [1.54, 1.807) is 11.0 Å². The second kappa shape index (κ2) is 6.10. The molecule has 0 aliphatic rings. The van der Waals surface area contributed by atoms with Crippen LogP contribution in [0.1, 0.15) is 23.9 Å². The van der Waals surface area contributed by atoms with Crippen LogP contribution in [0.15, 0.2) is 39.9 Å². The molecule has 0 bridgehead atoms. The Kier molecular flexibility index (Phi) is 4.24. The zero-order chi connectivity index (χ0) is 14.5. The van der Waals surface area contributed by atoms with Crippen molar-refractivity contribution >= 4 is 22.7 Å². The average molecular weight is 275 g/mol. The van der Waals surface area contributed by atoms with E-state index in [1.165, 1.54) is 0 Å². The molecule has 1 aromatic heterocycles. The summed E-state index contributed by atoms with van der Waals surface area (Å²) in [7, 11) is 0. The summed E-state index contributed by atoms with van der Waals surface area (Å²) in [4.78, 5) is 13.9. The van der Waals surface area contributed by atoms with Crippen LogP contribution >= 0.6 is 0 Å². The van der Waals surface area contributed by atoms with Gasteiger partial charge in [0.15, 0.2) is 5.76 Å². The molecule has 0 aliphatic heterocycles. The number of benzene rings is 1. The van der Waals surface area contributed by atoms with Crippen LogP contribution in [0, 0.1) is 0 Å². The van der Waals surface area contributed by atoms with Crippen molar-refractivity contribution in [3.63, 3.8) is 0 Å². The van der Waals surface area contributed by atoms with Gasteiger partial charge in [0.25, 0.3) is 5.91 Å². The summed E-state index contributed by atoms with van der Waals surface area (Å²) >= 11 is 0. The lowest BCUT2D eigenvalue weighted by Gasteiger charge is -2.18. The van der Waals surface area contributed by atoms with E-state index in [0.717, 1.165) is 5.39 Å². The molecule has 1 heterocycles. The molecule has 20 heavy (non-hydrogen) atoms. The summed E-state index contributed by atoms with van der Waals surface area (Å²) in [6.07, 6.45) is 0.316. The summed E-state index contributed by atoms with van der Waals surface area (Å²) in [6.45, 7) is 2.77. The van der Waals surface area contributed by atoms with E-state index in [-0.39, 0.29) is 11.7 Å². The van der Waals surface area contributed by atoms with Crippen LogP contribution < -0.4 is 5.73 Å². The number of rotatable bonds is 5. The van der Waals surface area contributed by atoms with Crippen molar-refractivity contribution in [3.05, 3.63) is 36.1 Å². The number of amidine groups is 1. The van der Waals surface area contributed by atoms with Crippen molar-refractivity contribution < 1.29 is 14.4 Å². The molecule has 0 aliphatic carbocycles. The standard InChI is InChI=1S/C14H17N3O3/c1-2-17(8-7-13(15)16-19)14(18)12-9-10-5-3-4-6-11(10)20-12/h3-6,9,19H,2,7-8H2,1H3,(H2,15,16). The minimum absolute atomic E-state index is 0.0980. The number of carbonyl (C=O) groups excluding carboxylic acids is 1. The molecule has 0 spiro atoms. The number of oxime groups is 1. The third-order valence-corrected chi connectivity index (χ3v) is 3.07. The van der Waals surface area contributed by atoms with Gasteiger partial charge in [-0.1, -0.05) is 23.4 Å². The molecule has 1 amide bonds. The number of furan rings is 1. The molecule has 3 N–H and O–H groups in total. The molecule has 6 nitrogen and oxygen atoms in total. The molecule has 0 atom stereocenters. The van der Waals surface area contributed by atoms with Crippen LogP contribution in [0.5, 0.6) is 0 Å². The van der Waals surface area contributed by atoms with E-state index < -0.39 is 0 Å². The lowest BCUT2D eigenvalue weighted by Crippen LogP contribution is -2.33. The third-order valence-electron chi connectivity index (χ3n) is 3.07. The highest BCUT2D eigenvalue weighted by Crippen LogP contribution is 2.20. The predicted molar refractivity (Wildman–Crippen MR) is 75.8 cm³/mol. The van der Waals surface area contributed by atoms with Gasteiger partial charge in [0.05, 0.1) is 0 Å². The first kappa shape index (κ1) is 13.9. The topological polar surface area (TPSA) is 92.1 Å². The first-order chi connectivity index (χ1) is 9.65. The SMILES string of the molecule is CCN(CCC(N)=NO)C(=O)c1cc2ccccc2o1. The van der Waals surface area contributed by atoms with Crippen LogP contribution in [0.3, 0.4) is 0 Å². The molecule has 2 rings (SSSR count). The molecule has 106 valence electrons. The fourth-order valence-corrected chi connectivity index (χ4v) is 1.95. The second-order valence-electron chi connectivity index (χ2n) is 4.37. The largest absolute Gasteiger partial charge is 0.451 e. The van der Waals surface area contributed by atoms with Gasteiger partial charge in [-0.05, 0) is 19.1 Å². The summed E-state index contributed by atoms with van der Waals surface area (Å²) < 4.78 is 5.54. The molecule has 0 radical (unpaired) electrons. The van der Waals surface area contributed by atoms with Crippen LogP contribution in [0.2, 0.25) is 0 Å². The van der Waals surface area contributed by atoms with E-state index in [4.69, 9.17) is 15.4 Å². The van der Waals surface area contributed by atoms with Gasteiger partial charge in [0.1, 0.15) is 11.4 Å². The molecule has 6 heteroatoms. The Bertz CT molecular complexity index is 600. The molecule has 0 fully saturated rings. The number of carbonyl (C=O) groups is 1. The minimum atomic E-state index is -0.200. The zero-order valence-electron chi connectivity index (χ0n) is 11.2. The quantitative estimate of drug-likeness (QED) is 0.378. The molecular formula is C14H17N3O3. The van der Waals surface area contributed by atoms with E-state index in [0.29, 0.717) is 30.9 Å². The number of fused-ring (bicyclic) bond motifs is 1. The second-order valence-corrected chi connectivity index (χ2v) is 4.37. The van der Waals surface area contributed by atoms with Gasteiger partial charge in [-0.25, -0.2) is 0 Å². The Balaban J connectivity index is 2.15. The first-order valence-electron chi connectivity index (χ1n) is 6.40. The Morgan fingerprint density at radius 3 is 2.85 bits per heavy atom. The summed E-state index contributed by atoms with van der Waals surface area (Å²) in [6, 6.07) is 9.18. The van der Waals surface area contributed by atoms with Gasteiger partial charge in [0, 0.05) is 24.9 Å². The fourth-order valence-electron chi connectivity index (χ4n) is 1.95. The predicted octanol–water partition coefficient (Wildman–Crippen LogP) is 2.03. The molecule has 0 unspecified atom stereocenters. The number of hydrogen-bond acceptors (Lipinski definition) is 4. The summed E-state index contributed by atoms with van der Waals surface area (Å²) in [5.74, 6) is 0.197. The number of nitrogens with two attached hydrogens (primary N) is 1. The van der Waals surface area contributed by atoms with E-state index >= 15 is 0 Å². The van der Waals surface area contributed by atoms with Crippen molar-refractivity contribution in [1.82, 2.24) is 4.90 Å². The van der Waals surface area contributed by atoms with Crippen LogP contribution in [-0.2, 0) is 0 Å². The fraction of sp³-hybridized carbons (Fsp3) is 0.286. The van der Waals surface area contributed by atoms with Crippen molar-refractivity contribution in [2.24, 2.45) is 10.9 Å². The van der Waals surface area contributed by atoms with Crippen molar-refractivity contribution in [2.75, 3.05) is 13.1 Å². The summed E-state index contributed by atoms with van der Waals surface area (Å²) in [5, 5.41) is 12.3. The van der Waals surface area contributed by atoms with Gasteiger partial charge in [0.2, 0.25) is 0 Å². The number of hydrogen-bond donors (Lipinski definition) is 2. The maximum absolute atomic E-state index is 12.3. The molecular weight excluding hydrogens is 258 g/mol. The Labute approximate surface area is 116 Å². The van der Waals surface area contributed by atoms with Crippen LogP contribution in [-0.4, -0.2) is 34.9 Å². The maximum atomic E-state index is 12.3. The first-order valence-corrected chi connectivity index (χ1v) is 6.40. The maximum Gasteiger partial charge on any atom is 0.289 e. The Morgan fingerprint density at radius 1 is 1.45 bits per heavy atom. The van der Waals surface area contributed by atoms with Gasteiger partial charge >= 0.3 is 0 Å². The zero-order valence-corrected chi connectivity index (χ0v) is 11.2. The Morgan fingerprint density at radius 2 is 2.20 bits per heavy atom. The highest BCUT2D eigenvalue weighted by molar-refractivity contribution is 5.96. The van der Waals surface area contributed by atoms with E-state index in [1.807, 2.05) is 31.2 Å². The highest BCUT2D eigenvalue weighted by atomic mass is 16.4. The molecule has 0 saturated carbocycles. The Hall–Kier alpha value is -2.50. The van der Waals surface area contributed by atoms with Gasteiger partial charge in [-0.3, -0.25) is 4.79 Å². The van der Waals surface area contributed by atoms with Crippen LogP contribution in [0.25, 0.3) is 11.0 Å². The molecule has 0 saturated heterocycles. The number of para-hydroxylation sites is 1. The van der Waals surface area contributed by atoms with Crippen molar-refractivity contribution in [3.8, 4) is 0 Å². The third kappa shape index (κ3) is 2.90. The van der Waals surface area contributed by atoms with E-state index in [9.17, 15) is 4.79 Å². The lowest BCUT2D eigenvalue weighted by atomic mass is 10.2. The van der Waals surface area contributed by atoms with E-state index in [2.05, 4.69) is 5.16 Å². The molecule has 1 aromatic carbocycles. The van der Waals surface area contributed by atoms with Crippen LogP contribution in [0.4, 0.5) is 0 Å². The number of nitrogens with zero attached hydrogens (tertiary/aromatic N) is 2. The van der Waals surface area contributed by atoms with Gasteiger partial charge in [-0.2, -0.15) is 0 Å². The van der Waals surface area contributed by atoms with Gasteiger partial charge < -0.3 is 20.3 Å². The minimum Gasteiger partial charge on any atom is -0.451 e. The normalized spacial score (nSPS) is 11.8. The van der Waals surface area contributed by atoms with Crippen molar-refractivity contribution in [2.45, 2.75) is 13.3 Å². The lowest BCUT2D eigenvalue weighted by molar-refractivity contribution is 0.0739. The van der Waals surface area contributed by atoms with Gasteiger partial charge in [-0.15, -0.1) is 0 Å². The summed E-state index contributed by atoms with van der Waals surface area (Å²) in [5.41, 5.74) is 6.10. The molecule has 2 aromatic rings. The van der Waals surface area contributed by atoms with Crippen molar-refractivity contribution in [1.29, 1.82) is 0 Å². The average Bonchev–Trinajstić information content (AvgIpc) is 2.91. The smallest absolute Gasteiger partial charge is 0.289 e.